The Morgan fingerprint density at radius 2 is 1.74 bits per heavy atom. The van der Waals surface area contributed by atoms with Crippen molar-refractivity contribution in [2.45, 2.75) is 26.5 Å². The van der Waals surface area contributed by atoms with Crippen molar-refractivity contribution < 1.29 is 29.0 Å². The first kappa shape index (κ1) is 27.9. The molecule has 0 aliphatic carbocycles. The summed E-state index contributed by atoms with van der Waals surface area (Å²) in [5.74, 6) is -2.26. The third kappa shape index (κ3) is 4.93. The van der Waals surface area contributed by atoms with Crippen molar-refractivity contribution in [2.24, 2.45) is 0 Å². The molecule has 1 fully saturated rings. The van der Waals surface area contributed by atoms with E-state index in [2.05, 4.69) is 9.97 Å². The Kier molecular flexibility index (Phi) is 7.24. The van der Waals surface area contributed by atoms with Crippen LogP contribution in [-0.2, 0) is 20.9 Å². The molecule has 1 aliphatic heterocycles. The molecule has 1 amide bonds. The molecule has 4 heterocycles. The molecule has 3 aromatic heterocycles. The highest BCUT2D eigenvalue weighted by Crippen LogP contribution is 2.45. The molecule has 43 heavy (non-hydrogen) atoms. The molecule has 11 heteroatoms. The average molecular weight is 595 g/mol. The number of carbonyl (C=O) groups excluding carboxylic acids is 3. The SMILES string of the molecule is COC(=O)c1sc(N2C(=O)C(=O)C(=C(O)c3c(C)nc4ccccn34)C2c2cccc(OCc3ccccc3)c2)nc1C. The van der Waals surface area contributed by atoms with Crippen LogP contribution in [0.3, 0.4) is 0 Å². The number of pyridine rings is 1. The van der Waals surface area contributed by atoms with Crippen LogP contribution in [0.15, 0.2) is 84.6 Å². The van der Waals surface area contributed by atoms with Gasteiger partial charge in [0.15, 0.2) is 10.9 Å². The maximum Gasteiger partial charge on any atom is 0.350 e. The topological polar surface area (TPSA) is 123 Å². The van der Waals surface area contributed by atoms with Crippen LogP contribution < -0.4 is 9.64 Å². The second-order valence-electron chi connectivity index (χ2n) is 9.89. The molecular formula is C32H26N4O6S. The number of aliphatic hydroxyl groups excluding tert-OH is 1. The summed E-state index contributed by atoms with van der Waals surface area (Å²) >= 11 is 0.937. The largest absolute Gasteiger partial charge is 0.505 e. The van der Waals surface area contributed by atoms with E-state index in [4.69, 9.17) is 9.47 Å². The quantitative estimate of drug-likeness (QED) is 0.115. The van der Waals surface area contributed by atoms with Crippen LogP contribution in [0.5, 0.6) is 5.75 Å². The molecule has 10 nitrogen and oxygen atoms in total. The van der Waals surface area contributed by atoms with Crippen molar-refractivity contribution in [3.63, 3.8) is 0 Å². The summed E-state index contributed by atoms with van der Waals surface area (Å²) in [6.45, 7) is 3.65. The summed E-state index contributed by atoms with van der Waals surface area (Å²) in [6.07, 6.45) is 1.72. The maximum absolute atomic E-state index is 13.7. The minimum atomic E-state index is -1.08. The highest BCUT2D eigenvalue weighted by molar-refractivity contribution is 7.17. The fraction of sp³-hybridized carbons (Fsp3) is 0.156. The van der Waals surface area contributed by atoms with E-state index in [9.17, 15) is 19.5 Å². The lowest BCUT2D eigenvalue weighted by Crippen LogP contribution is -2.29. The number of hydrogen-bond donors (Lipinski definition) is 1. The Morgan fingerprint density at radius 3 is 2.51 bits per heavy atom. The van der Waals surface area contributed by atoms with Crippen LogP contribution in [-0.4, -0.2) is 44.2 Å². The van der Waals surface area contributed by atoms with E-state index in [1.54, 1.807) is 60.8 Å². The summed E-state index contributed by atoms with van der Waals surface area (Å²) < 4.78 is 12.6. The van der Waals surface area contributed by atoms with Gasteiger partial charge in [-0.15, -0.1) is 0 Å². The molecular weight excluding hydrogens is 568 g/mol. The fourth-order valence-corrected chi connectivity index (χ4v) is 6.17. The molecule has 0 bridgehead atoms. The van der Waals surface area contributed by atoms with E-state index >= 15 is 0 Å². The number of esters is 1. The van der Waals surface area contributed by atoms with Gasteiger partial charge >= 0.3 is 11.9 Å². The number of carbonyl (C=O) groups is 3. The minimum Gasteiger partial charge on any atom is -0.505 e. The van der Waals surface area contributed by atoms with Crippen LogP contribution in [0.25, 0.3) is 11.4 Å². The zero-order valence-corrected chi connectivity index (χ0v) is 24.3. The van der Waals surface area contributed by atoms with Crippen molar-refractivity contribution >= 4 is 45.5 Å². The molecule has 1 N–H and O–H groups in total. The molecule has 1 saturated heterocycles. The van der Waals surface area contributed by atoms with Gasteiger partial charge in [-0.1, -0.05) is 59.9 Å². The second-order valence-corrected chi connectivity index (χ2v) is 10.9. The highest BCUT2D eigenvalue weighted by atomic mass is 32.1. The summed E-state index contributed by atoms with van der Waals surface area (Å²) in [5, 5.41) is 11.9. The summed E-state index contributed by atoms with van der Waals surface area (Å²) in [7, 11) is 1.26. The number of aryl methyl sites for hydroxylation is 2. The monoisotopic (exact) mass is 594 g/mol. The summed E-state index contributed by atoms with van der Waals surface area (Å²) in [5.41, 5.74) is 3.03. The number of benzene rings is 2. The van der Waals surface area contributed by atoms with Gasteiger partial charge in [0.2, 0.25) is 0 Å². The van der Waals surface area contributed by atoms with Crippen LogP contribution in [0.2, 0.25) is 0 Å². The normalized spacial score (nSPS) is 16.2. The van der Waals surface area contributed by atoms with E-state index in [1.807, 2.05) is 36.4 Å². The zero-order valence-electron chi connectivity index (χ0n) is 23.5. The van der Waals surface area contributed by atoms with Crippen molar-refractivity contribution in [3.8, 4) is 5.75 Å². The number of anilines is 1. The van der Waals surface area contributed by atoms with E-state index in [0.717, 1.165) is 16.9 Å². The van der Waals surface area contributed by atoms with Gasteiger partial charge in [0.05, 0.1) is 30.1 Å². The first-order valence-corrected chi connectivity index (χ1v) is 14.2. The number of ketones is 1. The molecule has 1 unspecified atom stereocenters. The molecule has 1 aliphatic rings. The van der Waals surface area contributed by atoms with Gasteiger partial charge in [-0.2, -0.15) is 0 Å². The number of thiazole rings is 1. The lowest BCUT2D eigenvalue weighted by atomic mass is 9.96. The Labute approximate surface area is 250 Å². The lowest BCUT2D eigenvalue weighted by molar-refractivity contribution is -0.132. The number of imidazole rings is 1. The number of nitrogens with zero attached hydrogens (tertiary/aromatic N) is 4. The number of ether oxygens (including phenoxy) is 2. The molecule has 2 aromatic carbocycles. The number of amides is 1. The predicted molar refractivity (Wildman–Crippen MR) is 160 cm³/mol. The van der Waals surface area contributed by atoms with E-state index < -0.39 is 23.7 Å². The molecule has 6 rings (SSSR count). The van der Waals surface area contributed by atoms with E-state index in [-0.39, 0.29) is 21.3 Å². The molecule has 0 radical (unpaired) electrons. The number of hydrogen-bond acceptors (Lipinski definition) is 9. The van der Waals surface area contributed by atoms with Crippen LogP contribution in [0.1, 0.15) is 43.9 Å². The summed E-state index contributed by atoms with van der Waals surface area (Å²) in [4.78, 5) is 50.2. The van der Waals surface area contributed by atoms with Crippen LogP contribution in [0, 0.1) is 13.8 Å². The summed E-state index contributed by atoms with van der Waals surface area (Å²) in [6, 6.07) is 20.9. The zero-order chi connectivity index (χ0) is 30.2. The molecule has 0 saturated carbocycles. The van der Waals surface area contributed by atoms with Crippen LogP contribution >= 0.6 is 11.3 Å². The Balaban J connectivity index is 1.51. The highest BCUT2D eigenvalue weighted by Gasteiger charge is 2.49. The third-order valence-corrected chi connectivity index (χ3v) is 8.29. The Hall–Kier alpha value is -5.29. The van der Waals surface area contributed by atoms with Gasteiger partial charge < -0.3 is 14.6 Å². The molecule has 0 spiro atoms. The van der Waals surface area contributed by atoms with Crippen molar-refractivity contribution in [1.82, 2.24) is 14.4 Å². The fourth-order valence-electron chi connectivity index (χ4n) is 5.15. The number of rotatable bonds is 7. The Bertz CT molecular complexity index is 1930. The standard InChI is InChI=1S/C32H26N4O6S/c1-18-25(35-15-8-7-14-23(35)33-18)27(37)24-26(21-12-9-13-22(16-21)42-17-20-10-5-4-6-11-20)36(30(39)28(24)38)32-34-19(2)29(43-32)31(40)41-3/h4-16,26,37H,17H2,1-3H3. The van der Waals surface area contributed by atoms with Gasteiger partial charge in [0.25, 0.3) is 5.78 Å². The van der Waals surface area contributed by atoms with Gasteiger partial charge in [-0.05, 0) is 49.2 Å². The lowest BCUT2D eigenvalue weighted by Gasteiger charge is -2.23. The van der Waals surface area contributed by atoms with Gasteiger partial charge in [0.1, 0.15) is 28.6 Å². The molecule has 5 aromatic rings. The average Bonchev–Trinajstić information content (AvgIpc) is 3.65. The smallest absolute Gasteiger partial charge is 0.350 e. The number of aromatic nitrogens is 3. The molecule has 216 valence electrons. The third-order valence-electron chi connectivity index (χ3n) is 7.16. The van der Waals surface area contributed by atoms with Gasteiger partial charge in [0, 0.05) is 6.20 Å². The first-order valence-electron chi connectivity index (χ1n) is 13.4. The predicted octanol–water partition coefficient (Wildman–Crippen LogP) is 5.40. The van der Waals surface area contributed by atoms with Crippen molar-refractivity contribution in [3.05, 3.63) is 118 Å². The minimum absolute atomic E-state index is 0.120. The van der Waals surface area contributed by atoms with Gasteiger partial charge in [-0.3, -0.25) is 18.9 Å². The number of aliphatic hydroxyl groups is 1. The van der Waals surface area contributed by atoms with Crippen molar-refractivity contribution in [2.75, 3.05) is 12.0 Å². The van der Waals surface area contributed by atoms with Crippen molar-refractivity contribution in [1.29, 1.82) is 0 Å². The van der Waals surface area contributed by atoms with E-state index in [1.165, 1.54) is 12.0 Å². The number of fused-ring (bicyclic) bond motifs is 1. The number of methoxy groups -OCH3 is 1. The first-order chi connectivity index (χ1) is 20.8. The van der Waals surface area contributed by atoms with Crippen LogP contribution in [0.4, 0.5) is 5.13 Å². The maximum atomic E-state index is 13.7. The molecule has 1 atom stereocenters. The Morgan fingerprint density at radius 1 is 0.977 bits per heavy atom. The van der Waals surface area contributed by atoms with Gasteiger partial charge in [-0.25, -0.2) is 14.8 Å². The second kappa shape index (κ2) is 11.2. The van der Waals surface area contributed by atoms with E-state index in [0.29, 0.717) is 40.6 Å². The number of Topliss-reactive ketones (excluding diaryl/α,β-unsaturated/α-hetero) is 1.